The third-order valence-electron chi connectivity index (χ3n) is 2.72. The Labute approximate surface area is 118 Å². The molecular weight excluding hydrogens is 284 g/mol. The summed E-state index contributed by atoms with van der Waals surface area (Å²) in [7, 11) is 0. The average Bonchev–Trinajstić information content (AvgIpc) is 2.95. The predicted molar refractivity (Wildman–Crippen MR) is 63.8 cm³/mol. The van der Waals surface area contributed by atoms with Gasteiger partial charge in [0.05, 0.1) is 6.61 Å². The number of nitrogens with zero attached hydrogens (tertiary/aromatic N) is 2. The maximum absolute atomic E-state index is 12.0. The number of rotatable bonds is 5. The van der Waals surface area contributed by atoms with E-state index in [2.05, 4.69) is 4.74 Å². The Hall–Kier alpha value is -2.81. The molecule has 0 bridgehead atoms. The second kappa shape index (κ2) is 5.67. The summed E-state index contributed by atoms with van der Waals surface area (Å²) in [5.41, 5.74) is 0. The van der Waals surface area contributed by atoms with E-state index in [0.717, 1.165) is 24.3 Å². The number of amides is 4. The van der Waals surface area contributed by atoms with Crippen LogP contribution in [0.15, 0.2) is 24.3 Å². The molecule has 0 atom stereocenters. The van der Waals surface area contributed by atoms with Crippen molar-refractivity contribution in [3.8, 4) is 0 Å². The van der Waals surface area contributed by atoms with Crippen molar-refractivity contribution in [3.05, 3.63) is 24.3 Å². The second-order valence-corrected chi connectivity index (χ2v) is 4.02. The summed E-state index contributed by atoms with van der Waals surface area (Å²) < 4.78 is 4.63. The van der Waals surface area contributed by atoms with Crippen LogP contribution >= 0.6 is 0 Å². The van der Waals surface area contributed by atoms with Crippen molar-refractivity contribution in [2.24, 2.45) is 0 Å². The van der Waals surface area contributed by atoms with Gasteiger partial charge in [0.15, 0.2) is 0 Å². The summed E-state index contributed by atoms with van der Waals surface area (Å²) in [6.07, 6.45) is 1.81. The van der Waals surface area contributed by atoms with Crippen LogP contribution in [0.4, 0.5) is 0 Å². The zero-order chi connectivity index (χ0) is 15.6. The Morgan fingerprint density at radius 1 is 0.952 bits per heavy atom. The Morgan fingerprint density at radius 2 is 1.33 bits per heavy atom. The van der Waals surface area contributed by atoms with E-state index in [1.54, 1.807) is 0 Å². The van der Waals surface area contributed by atoms with Crippen molar-refractivity contribution in [3.63, 3.8) is 0 Å². The third-order valence-corrected chi connectivity index (χ3v) is 2.72. The Kier molecular flexibility index (Phi) is 3.94. The van der Waals surface area contributed by atoms with Crippen LogP contribution in [-0.4, -0.2) is 63.9 Å². The van der Waals surface area contributed by atoms with Gasteiger partial charge in [0.25, 0.3) is 23.6 Å². The van der Waals surface area contributed by atoms with Crippen LogP contribution in [0.1, 0.15) is 0 Å². The quantitative estimate of drug-likeness (QED) is 0.447. The van der Waals surface area contributed by atoms with E-state index in [9.17, 15) is 24.0 Å². The normalized spacial score (nSPS) is 17.6. The van der Waals surface area contributed by atoms with E-state index >= 15 is 0 Å². The van der Waals surface area contributed by atoms with Gasteiger partial charge in [-0.15, -0.1) is 0 Å². The minimum atomic E-state index is -1.83. The summed E-state index contributed by atoms with van der Waals surface area (Å²) in [6.45, 7) is -0.888. The van der Waals surface area contributed by atoms with E-state index in [4.69, 9.17) is 5.11 Å². The first-order chi connectivity index (χ1) is 9.97. The molecule has 0 radical (unpaired) electrons. The molecule has 0 unspecified atom stereocenters. The number of esters is 1. The van der Waals surface area contributed by atoms with Crippen molar-refractivity contribution in [1.29, 1.82) is 0 Å². The van der Waals surface area contributed by atoms with Crippen LogP contribution in [0.3, 0.4) is 0 Å². The molecule has 0 saturated heterocycles. The van der Waals surface area contributed by atoms with Crippen LogP contribution < -0.4 is 0 Å². The molecule has 1 N–H and O–H groups in total. The number of carbonyl (C=O) groups is 5. The number of hydrogen-bond donors (Lipinski definition) is 1. The van der Waals surface area contributed by atoms with Crippen LogP contribution in [-0.2, 0) is 28.7 Å². The number of ether oxygens (including phenoxy) is 1. The van der Waals surface area contributed by atoms with E-state index < -0.39 is 49.0 Å². The van der Waals surface area contributed by atoms with Gasteiger partial charge in [-0.05, 0) is 0 Å². The van der Waals surface area contributed by atoms with Crippen molar-refractivity contribution >= 4 is 29.6 Å². The monoisotopic (exact) mass is 294 g/mol. The van der Waals surface area contributed by atoms with Gasteiger partial charge >= 0.3 is 5.97 Å². The molecule has 0 fully saturated rings. The standard InChI is InChI=1S/C12H10N2O7/c15-5-6-21-12(20)11(13-7(16)1-2-8(13)17)14-9(18)3-4-10(14)19/h1-4,11,15H,5-6H2. The topological polar surface area (TPSA) is 121 Å². The van der Waals surface area contributed by atoms with Gasteiger partial charge in [-0.3, -0.25) is 19.2 Å². The number of aliphatic hydroxyl groups excluding tert-OH is 1. The van der Waals surface area contributed by atoms with Crippen molar-refractivity contribution in [1.82, 2.24) is 9.80 Å². The third kappa shape index (κ3) is 2.58. The number of carbonyl (C=O) groups excluding carboxylic acids is 5. The molecule has 2 rings (SSSR count). The van der Waals surface area contributed by atoms with Crippen LogP contribution in [0.2, 0.25) is 0 Å². The molecule has 2 aliphatic rings. The minimum absolute atomic E-state index is 0.400. The Bertz CT molecular complexity index is 514. The van der Waals surface area contributed by atoms with Crippen LogP contribution in [0.5, 0.6) is 0 Å². The lowest BCUT2D eigenvalue weighted by Crippen LogP contribution is -2.58. The molecule has 0 aromatic carbocycles. The minimum Gasteiger partial charge on any atom is -0.460 e. The lowest BCUT2D eigenvalue weighted by atomic mass is 10.3. The summed E-state index contributed by atoms with van der Waals surface area (Å²) in [5.74, 6) is -4.56. The molecule has 2 heterocycles. The molecule has 2 aliphatic heterocycles. The van der Waals surface area contributed by atoms with Gasteiger partial charge < -0.3 is 9.84 Å². The summed E-state index contributed by atoms with van der Waals surface area (Å²) >= 11 is 0. The van der Waals surface area contributed by atoms with E-state index in [1.165, 1.54) is 0 Å². The largest absolute Gasteiger partial charge is 0.460 e. The average molecular weight is 294 g/mol. The van der Waals surface area contributed by atoms with E-state index in [-0.39, 0.29) is 0 Å². The van der Waals surface area contributed by atoms with E-state index in [1.807, 2.05) is 0 Å². The van der Waals surface area contributed by atoms with Gasteiger partial charge in [0.2, 0.25) is 6.17 Å². The highest BCUT2D eigenvalue weighted by atomic mass is 16.5. The Balaban J connectivity index is 2.33. The highest BCUT2D eigenvalue weighted by Crippen LogP contribution is 2.18. The summed E-state index contributed by atoms with van der Waals surface area (Å²) in [6, 6.07) is 0. The molecule has 0 aliphatic carbocycles. The zero-order valence-corrected chi connectivity index (χ0v) is 10.6. The molecule has 0 saturated carbocycles. The van der Waals surface area contributed by atoms with Crippen LogP contribution in [0, 0.1) is 0 Å². The summed E-state index contributed by atoms with van der Waals surface area (Å²) in [5, 5.41) is 8.64. The number of aliphatic hydroxyl groups is 1. The first-order valence-corrected chi connectivity index (χ1v) is 5.85. The smallest absolute Gasteiger partial charge is 0.351 e. The van der Waals surface area contributed by atoms with Crippen molar-refractivity contribution in [2.75, 3.05) is 13.2 Å². The zero-order valence-electron chi connectivity index (χ0n) is 10.6. The Morgan fingerprint density at radius 3 is 1.67 bits per heavy atom. The predicted octanol–water partition coefficient (Wildman–Crippen LogP) is -2.30. The fourth-order valence-electron chi connectivity index (χ4n) is 1.85. The second-order valence-electron chi connectivity index (χ2n) is 4.02. The molecule has 0 aromatic rings. The summed E-state index contributed by atoms with van der Waals surface area (Å²) in [4.78, 5) is 59.5. The highest BCUT2D eigenvalue weighted by molar-refractivity contribution is 6.19. The highest BCUT2D eigenvalue weighted by Gasteiger charge is 2.46. The molecule has 110 valence electrons. The lowest BCUT2D eigenvalue weighted by Gasteiger charge is -2.30. The molecule has 0 aromatic heterocycles. The van der Waals surface area contributed by atoms with Gasteiger partial charge in [-0.2, -0.15) is 0 Å². The van der Waals surface area contributed by atoms with Gasteiger partial charge in [-0.25, -0.2) is 14.6 Å². The fraction of sp³-hybridized carbons (Fsp3) is 0.250. The number of imide groups is 2. The van der Waals surface area contributed by atoms with Gasteiger partial charge in [0, 0.05) is 24.3 Å². The molecule has 9 nitrogen and oxygen atoms in total. The lowest BCUT2D eigenvalue weighted by molar-refractivity contribution is -0.171. The number of hydrogen-bond acceptors (Lipinski definition) is 7. The first kappa shape index (κ1) is 14.6. The van der Waals surface area contributed by atoms with E-state index in [0.29, 0.717) is 9.80 Å². The molecule has 9 heteroatoms. The van der Waals surface area contributed by atoms with Gasteiger partial charge in [0.1, 0.15) is 6.61 Å². The van der Waals surface area contributed by atoms with Crippen molar-refractivity contribution < 1.29 is 33.8 Å². The van der Waals surface area contributed by atoms with Crippen LogP contribution in [0.25, 0.3) is 0 Å². The maximum Gasteiger partial charge on any atom is 0.351 e. The fourth-order valence-corrected chi connectivity index (χ4v) is 1.85. The SMILES string of the molecule is O=C(OCCO)C(N1C(=O)C=CC1=O)N1C(=O)C=CC1=O. The molecule has 21 heavy (non-hydrogen) atoms. The first-order valence-electron chi connectivity index (χ1n) is 5.85. The van der Waals surface area contributed by atoms with Gasteiger partial charge in [-0.1, -0.05) is 0 Å². The maximum atomic E-state index is 12.0. The molecule has 4 amide bonds. The van der Waals surface area contributed by atoms with Crippen molar-refractivity contribution in [2.45, 2.75) is 6.17 Å². The molecular formula is C12H10N2O7. The molecule has 0 spiro atoms.